The van der Waals surface area contributed by atoms with Crippen LogP contribution in [0.4, 0.5) is 17.5 Å². The van der Waals surface area contributed by atoms with Crippen LogP contribution < -0.4 is 16.0 Å². The Bertz CT molecular complexity index is 1260. The number of benzene rings is 1. The largest absolute Gasteiger partial charge is 0.351 e. The summed E-state index contributed by atoms with van der Waals surface area (Å²) in [5.74, 6) is 1.28. The lowest BCUT2D eigenvalue weighted by atomic mass is 9.92. The molecule has 1 fully saturated rings. The highest BCUT2D eigenvalue weighted by molar-refractivity contribution is 7.89. The number of hydrogen-bond acceptors (Lipinski definition) is 8. The summed E-state index contributed by atoms with van der Waals surface area (Å²) >= 11 is 0. The van der Waals surface area contributed by atoms with E-state index in [1.807, 2.05) is 6.07 Å². The molecule has 13 heteroatoms. The van der Waals surface area contributed by atoms with Crippen molar-refractivity contribution in [1.82, 2.24) is 24.2 Å². The summed E-state index contributed by atoms with van der Waals surface area (Å²) in [4.78, 5) is 19.4. The van der Waals surface area contributed by atoms with Crippen molar-refractivity contribution in [2.24, 2.45) is 5.73 Å². The smallest absolute Gasteiger partial charge is 0.242 e. The van der Waals surface area contributed by atoms with Crippen LogP contribution >= 0.6 is 24.8 Å². The van der Waals surface area contributed by atoms with E-state index < -0.39 is 10.0 Å². The van der Waals surface area contributed by atoms with Crippen LogP contribution in [0.25, 0.3) is 11.2 Å². The second-order valence-corrected chi connectivity index (χ2v) is 10.9. The molecule has 1 saturated carbocycles. The number of aromatic nitrogens is 4. The lowest BCUT2D eigenvalue weighted by Gasteiger charge is -2.27. The summed E-state index contributed by atoms with van der Waals surface area (Å²) in [6.07, 6.45) is 6.33. The van der Waals surface area contributed by atoms with Crippen molar-refractivity contribution >= 4 is 63.5 Å². The fourth-order valence-electron chi connectivity index (χ4n) is 4.49. The number of fused-ring (bicyclic) bond motifs is 2. The van der Waals surface area contributed by atoms with Gasteiger partial charge in [-0.3, -0.25) is 0 Å². The Morgan fingerprint density at radius 3 is 2.59 bits per heavy atom. The first-order chi connectivity index (χ1) is 15.3. The molecule has 4 N–H and O–H groups in total. The summed E-state index contributed by atoms with van der Waals surface area (Å²) < 4.78 is 26.3. The van der Waals surface area contributed by atoms with Gasteiger partial charge in [-0.15, -0.1) is 24.8 Å². The van der Waals surface area contributed by atoms with Gasteiger partial charge in [0.2, 0.25) is 16.0 Å². The first-order valence-electron chi connectivity index (χ1n) is 10.9. The monoisotopic (exact) mass is 528 g/mol. The molecule has 0 atom stereocenters. The van der Waals surface area contributed by atoms with Gasteiger partial charge in [-0.2, -0.15) is 9.97 Å². The van der Waals surface area contributed by atoms with E-state index >= 15 is 0 Å². The molecule has 1 aliphatic heterocycles. The number of sulfonamides is 1. The highest BCUT2D eigenvalue weighted by Gasteiger charge is 2.28. The maximum Gasteiger partial charge on any atom is 0.242 e. The van der Waals surface area contributed by atoms with E-state index in [1.54, 1.807) is 32.6 Å². The van der Waals surface area contributed by atoms with Gasteiger partial charge in [-0.25, -0.2) is 17.7 Å². The third kappa shape index (κ3) is 4.80. The highest BCUT2D eigenvalue weighted by Crippen LogP contribution is 2.38. The van der Waals surface area contributed by atoms with E-state index in [2.05, 4.69) is 25.2 Å². The number of H-pyrrole nitrogens is 1. The van der Waals surface area contributed by atoms with Crippen LogP contribution in [0, 0.1) is 0 Å². The van der Waals surface area contributed by atoms with E-state index in [0.29, 0.717) is 40.4 Å². The Hall–Kier alpha value is -2.18. The van der Waals surface area contributed by atoms with Gasteiger partial charge in [0.05, 0.1) is 11.2 Å². The van der Waals surface area contributed by atoms with Gasteiger partial charge in [-0.1, -0.05) is 0 Å². The van der Waals surface area contributed by atoms with Gasteiger partial charge >= 0.3 is 0 Å². The summed E-state index contributed by atoms with van der Waals surface area (Å²) in [7, 11) is -0.400. The highest BCUT2D eigenvalue weighted by atomic mass is 35.5. The van der Waals surface area contributed by atoms with Gasteiger partial charge in [0, 0.05) is 38.4 Å². The molecule has 1 aromatic carbocycles. The van der Waals surface area contributed by atoms with E-state index in [-0.39, 0.29) is 30.9 Å². The van der Waals surface area contributed by atoms with Crippen molar-refractivity contribution in [1.29, 1.82) is 0 Å². The molecular weight excluding hydrogens is 499 g/mol. The topological polar surface area (TPSA) is 133 Å². The normalized spacial score (nSPS) is 20.1. The first kappa shape index (κ1) is 26.4. The predicted octanol–water partition coefficient (Wildman–Crippen LogP) is 2.82. The number of halogens is 2. The SMILES string of the molecule is CN(C)S(=O)(=O)c1ccc2c(c1)CCN2c1nc(NC2CCC(N)CC2)nc2[nH]cnc12.Cl.Cl. The molecule has 2 aliphatic rings. The molecule has 3 heterocycles. The molecular formula is C21H30Cl2N8O2S. The third-order valence-electron chi connectivity index (χ3n) is 6.35. The lowest BCUT2D eigenvalue weighted by Crippen LogP contribution is -2.33. The zero-order chi connectivity index (χ0) is 22.5. The second-order valence-electron chi connectivity index (χ2n) is 8.71. The van der Waals surface area contributed by atoms with Crippen molar-refractivity contribution in [2.75, 3.05) is 30.9 Å². The Morgan fingerprint density at radius 2 is 1.88 bits per heavy atom. The number of imidazole rings is 1. The van der Waals surface area contributed by atoms with Gasteiger partial charge in [0.15, 0.2) is 17.0 Å². The van der Waals surface area contributed by atoms with Crippen LogP contribution in [-0.4, -0.2) is 65.4 Å². The van der Waals surface area contributed by atoms with Crippen LogP contribution in [0.2, 0.25) is 0 Å². The molecule has 0 amide bonds. The molecule has 10 nitrogen and oxygen atoms in total. The summed E-state index contributed by atoms with van der Waals surface area (Å²) in [6, 6.07) is 5.85. The first-order valence-corrected chi connectivity index (χ1v) is 12.3. The zero-order valence-corrected chi connectivity index (χ0v) is 21.5. The van der Waals surface area contributed by atoms with Gasteiger partial charge < -0.3 is 20.9 Å². The predicted molar refractivity (Wildman–Crippen MR) is 138 cm³/mol. The molecule has 0 saturated heterocycles. The van der Waals surface area contributed by atoms with Gasteiger partial charge in [0.1, 0.15) is 0 Å². The van der Waals surface area contributed by atoms with Crippen molar-refractivity contribution in [3.63, 3.8) is 0 Å². The number of anilines is 3. The van der Waals surface area contributed by atoms with Crippen LogP contribution in [0.15, 0.2) is 29.4 Å². The van der Waals surface area contributed by atoms with Gasteiger partial charge in [-0.05, 0) is 55.9 Å². The molecule has 0 radical (unpaired) electrons. The maximum absolute atomic E-state index is 12.5. The Morgan fingerprint density at radius 1 is 1.15 bits per heavy atom. The molecule has 3 aromatic rings. The third-order valence-corrected chi connectivity index (χ3v) is 8.16. The van der Waals surface area contributed by atoms with E-state index in [1.165, 1.54) is 4.31 Å². The number of rotatable bonds is 5. The minimum absolute atomic E-state index is 0. The standard InChI is InChI=1S/C21H28N8O2S.2ClH/c1-28(2)32(30,31)16-7-8-17-13(11-16)9-10-29(17)20-18-19(24-12-23-18)26-21(27-20)25-15-5-3-14(22)4-6-15;;/h7-8,11-12,14-15H,3-6,9-10,22H2,1-2H3,(H2,23,24,25,26,27);2*1H. The lowest BCUT2D eigenvalue weighted by molar-refractivity contribution is 0.410. The molecule has 5 rings (SSSR count). The van der Waals surface area contributed by atoms with E-state index in [4.69, 9.17) is 10.7 Å². The fraction of sp³-hybridized carbons (Fsp3) is 0.476. The quantitative estimate of drug-likeness (QED) is 0.460. The zero-order valence-electron chi connectivity index (χ0n) is 19.1. The van der Waals surface area contributed by atoms with Gasteiger partial charge in [0.25, 0.3) is 0 Å². The second kappa shape index (κ2) is 10.2. The van der Waals surface area contributed by atoms with Crippen molar-refractivity contribution < 1.29 is 8.42 Å². The molecule has 2 aromatic heterocycles. The molecule has 0 bridgehead atoms. The number of nitrogens with zero attached hydrogens (tertiary/aromatic N) is 5. The average Bonchev–Trinajstić information content (AvgIpc) is 3.41. The molecule has 0 unspecified atom stereocenters. The molecule has 1 aliphatic carbocycles. The number of nitrogens with two attached hydrogens (primary N) is 1. The van der Waals surface area contributed by atoms with Crippen molar-refractivity contribution in [3.8, 4) is 0 Å². The van der Waals surface area contributed by atoms with Crippen LogP contribution in [0.3, 0.4) is 0 Å². The van der Waals surface area contributed by atoms with Crippen molar-refractivity contribution in [3.05, 3.63) is 30.1 Å². The Labute approximate surface area is 211 Å². The van der Waals surface area contributed by atoms with Crippen LogP contribution in [-0.2, 0) is 16.4 Å². The summed E-state index contributed by atoms with van der Waals surface area (Å²) in [5, 5.41) is 3.48. The average molecular weight is 529 g/mol. The molecule has 186 valence electrons. The van der Waals surface area contributed by atoms with Crippen LogP contribution in [0.1, 0.15) is 31.2 Å². The van der Waals surface area contributed by atoms with E-state index in [0.717, 1.165) is 43.4 Å². The number of hydrogen-bond donors (Lipinski definition) is 3. The Kier molecular flexibility index (Phi) is 7.93. The van der Waals surface area contributed by atoms with Crippen molar-refractivity contribution in [2.45, 2.75) is 49.1 Å². The molecule has 34 heavy (non-hydrogen) atoms. The maximum atomic E-state index is 12.5. The summed E-state index contributed by atoms with van der Waals surface area (Å²) in [5.41, 5.74) is 9.33. The minimum Gasteiger partial charge on any atom is -0.351 e. The fourth-order valence-corrected chi connectivity index (χ4v) is 5.44. The summed E-state index contributed by atoms with van der Waals surface area (Å²) in [6.45, 7) is 0.692. The minimum atomic E-state index is -3.48. The number of aromatic amines is 1. The van der Waals surface area contributed by atoms with Crippen LogP contribution in [0.5, 0.6) is 0 Å². The molecule has 0 spiro atoms. The number of nitrogens with one attached hydrogen (secondary N) is 2. The van der Waals surface area contributed by atoms with E-state index in [9.17, 15) is 8.42 Å². The Balaban J connectivity index is 0.00000162.